The summed E-state index contributed by atoms with van der Waals surface area (Å²) in [5.74, 6) is -0.00981. The zero-order valence-electron chi connectivity index (χ0n) is 12.7. The van der Waals surface area contributed by atoms with Crippen molar-refractivity contribution in [1.29, 1.82) is 0 Å². The standard InChI is InChI=1S/C14H25N3O2S/c1-10-5-8-20-14(10)13(11(2)15)17(3)9-12(18)16-6-7-19-4/h5,8,11,13H,6-7,9,15H2,1-4H3,(H,16,18). The molecular weight excluding hydrogens is 274 g/mol. The van der Waals surface area contributed by atoms with Crippen molar-refractivity contribution in [3.05, 3.63) is 21.9 Å². The summed E-state index contributed by atoms with van der Waals surface area (Å²) in [6.07, 6.45) is 0. The Kier molecular flexibility index (Phi) is 7.15. The highest BCUT2D eigenvalue weighted by molar-refractivity contribution is 7.10. The first-order valence-corrected chi connectivity index (χ1v) is 7.60. The number of rotatable bonds is 8. The van der Waals surface area contributed by atoms with Crippen molar-refractivity contribution in [2.45, 2.75) is 25.9 Å². The first kappa shape index (κ1) is 17.1. The van der Waals surface area contributed by atoms with Gasteiger partial charge in [0.15, 0.2) is 0 Å². The molecule has 1 heterocycles. The van der Waals surface area contributed by atoms with Gasteiger partial charge in [0.1, 0.15) is 0 Å². The molecule has 0 saturated heterocycles. The summed E-state index contributed by atoms with van der Waals surface area (Å²) in [5, 5.41) is 4.89. The van der Waals surface area contributed by atoms with Crippen molar-refractivity contribution in [3.8, 4) is 0 Å². The molecule has 0 aliphatic rings. The van der Waals surface area contributed by atoms with Crippen molar-refractivity contribution in [2.24, 2.45) is 5.73 Å². The molecule has 0 aliphatic heterocycles. The van der Waals surface area contributed by atoms with Crippen molar-refractivity contribution in [2.75, 3.05) is 33.9 Å². The highest BCUT2D eigenvalue weighted by atomic mass is 32.1. The summed E-state index contributed by atoms with van der Waals surface area (Å²) in [7, 11) is 3.55. The van der Waals surface area contributed by atoms with Gasteiger partial charge in [-0.05, 0) is 37.9 Å². The van der Waals surface area contributed by atoms with Gasteiger partial charge in [-0.25, -0.2) is 0 Å². The van der Waals surface area contributed by atoms with Crippen LogP contribution in [0.2, 0.25) is 0 Å². The summed E-state index contributed by atoms with van der Waals surface area (Å²) in [6.45, 7) is 5.43. The zero-order valence-corrected chi connectivity index (χ0v) is 13.5. The average Bonchev–Trinajstić information content (AvgIpc) is 2.75. The molecule has 2 unspecified atom stereocenters. The number of nitrogens with zero attached hydrogens (tertiary/aromatic N) is 1. The van der Waals surface area contributed by atoms with Gasteiger partial charge in [0.25, 0.3) is 0 Å². The van der Waals surface area contributed by atoms with Gasteiger partial charge in [-0.2, -0.15) is 0 Å². The molecule has 3 N–H and O–H groups in total. The Hall–Kier alpha value is -0.950. The number of nitrogens with one attached hydrogen (secondary N) is 1. The number of likely N-dealkylation sites (N-methyl/N-ethyl adjacent to an activating group) is 1. The van der Waals surface area contributed by atoms with Gasteiger partial charge in [0, 0.05) is 24.6 Å². The van der Waals surface area contributed by atoms with Crippen LogP contribution >= 0.6 is 11.3 Å². The quantitative estimate of drug-likeness (QED) is 0.706. The summed E-state index contributed by atoms with van der Waals surface area (Å²) in [4.78, 5) is 15.1. The van der Waals surface area contributed by atoms with Crippen LogP contribution in [0, 0.1) is 6.92 Å². The predicted octanol–water partition coefficient (Wildman–Crippen LogP) is 1.14. The smallest absolute Gasteiger partial charge is 0.234 e. The molecule has 0 bridgehead atoms. The molecule has 1 rings (SSSR count). The maximum absolute atomic E-state index is 11.9. The third-order valence-electron chi connectivity index (χ3n) is 3.16. The van der Waals surface area contributed by atoms with Crippen LogP contribution in [-0.2, 0) is 9.53 Å². The van der Waals surface area contributed by atoms with Crippen LogP contribution in [0.5, 0.6) is 0 Å². The molecule has 2 atom stereocenters. The number of thiophene rings is 1. The van der Waals surface area contributed by atoms with E-state index in [2.05, 4.69) is 23.7 Å². The van der Waals surface area contributed by atoms with E-state index in [4.69, 9.17) is 10.5 Å². The largest absolute Gasteiger partial charge is 0.383 e. The molecular formula is C14H25N3O2S. The van der Waals surface area contributed by atoms with Crippen molar-refractivity contribution < 1.29 is 9.53 Å². The number of ether oxygens (including phenoxy) is 1. The van der Waals surface area contributed by atoms with Gasteiger partial charge in [-0.3, -0.25) is 9.69 Å². The lowest BCUT2D eigenvalue weighted by Crippen LogP contribution is -2.43. The van der Waals surface area contributed by atoms with Crippen LogP contribution in [0.25, 0.3) is 0 Å². The topological polar surface area (TPSA) is 67.6 Å². The highest BCUT2D eigenvalue weighted by Crippen LogP contribution is 2.29. The lowest BCUT2D eigenvalue weighted by molar-refractivity contribution is -0.122. The highest BCUT2D eigenvalue weighted by Gasteiger charge is 2.25. The second-order valence-electron chi connectivity index (χ2n) is 5.03. The first-order valence-electron chi connectivity index (χ1n) is 6.72. The Balaban J connectivity index is 2.64. The molecule has 6 heteroatoms. The van der Waals surface area contributed by atoms with Crippen LogP contribution in [0.3, 0.4) is 0 Å². The molecule has 0 aliphatic carbocycles. The number of nitrogens with two attached hydrogens (primary N) is 1. The van der Waals surface area contributed by atoms with Crippen LogP contribution in [0.1, 0.15) is 23.4 Å². The van der Waals surface area contributed by atoms with Crippen molar-refractivity contribution in [3.63, 3.8) is 0 Å². The number of hydrogen-bond acceptors (Lipinski definition) is 5. The van der Waals surface area contributed by atoms with E-state index < -0.39 is 0 Å². The van der Waals surface area contributed by atoms with E-state index in [0.717, 1.165) is 0 Å². The molecule has 0 radical (unpaired) electrons. The molecule has 0 saturated carbocycles. The maximum atomic E-state index is 11.9. The summed E-state index contributed by atoms with van der Waals surface area (Å²) >= 11 is 1.69. The van der Waals surface area contributed by atoms with Gasteiger partial charge in [0.2, 0.25) is 5.91 Å². The molecule has 0 spiro atoms. The molecule has 1 aromatic rings. The molecule has 114 valence electrons. The Morgan fingerprint density at radius 3 is 2.80 bits per heavy atom. The van der Waals surface area contributed by atoms with Gasteiger partial charge in [-0.15, -0.1) is 11.3 Å². The van der Waals surface area contributed by atoms with Gasteiger partial charge in [-0.1, -0.05) is 0 Å². The van der Waals surface area contributed by atoms with E-state index in [-0.39, 0.29) is 18.0 Å². The van der Waals surface area contributed by atoms with Crippen molar-refractivity contribution >= 4 is 17.2 Å². The first-order chi connectivity index (χ1) is 9.47. The fourth-order valence-electron chi connectivity index (χ4n) is 2.20. The SMILES string of the molecule is COCCNC(=O)CN(C)C(c1sccc1C)C(C)N. The van der Waals surface area contributed by atoms with Crippen molar-refractivity contribution in [1.82, 2.24) is 10.2 Å². The second-order valence-corrected chi connectivity index (χ2v) is 5.98. The van der Waals surface area contributed by atoms with E-state index in [9.17, 15) is 4.79 Å². The lowest BCUT2D eigenvalue weighted by Gasteiger charge is -2.30. The van der Waals surface area contributed by atoms with E-state index in [0.29, 0.717) is 19.7 Å². The van der Waals surface area contributed by atoms with Crippen LogP contribution in [-0.4, -0.2) is 50.7 Å². The van der Waals surface area contributed by atoms with Gasteiger partial charge >= 0.3 is 0 Å². The molecule has 1 aromatic heterocycles. The van der Waals surface area contributed by atoms with Crippen LogP contribution < -0.4 is 11.1 Å². The minimum Gasteiger partial charge on any atom is -0.383 e. The Labute approximate surface area is 125 Å². The number of hydrogen-bond donors (Lipinski definition) is 2. The third kappa shape index (κ3) is 4.86. The second kappa shape index (κ2) is 8.36. The van der Waals surface area contributed by atoms with Crippen LogP contribution in [0.15, 0.2) is 11.4 Å². The molecule has 20 heavy (non-hydrogen) atoms. The lowest BCUT2D eigenvalue weighted by atomic mass is 10.0. The molecule has 1 amide bonds. The van der Waals surface area contributed by atoms with Crippen LogP contribution in [0.4, 0.5) is 0 Å². The Morgan fingerprint density at radius 1 is 1.60 bits per heavy atom. The predicted molar refractivity (Wildman–Crippen MR) is 83.0 cm³/mol. The number of carbonyl (C=O) groups excluding carboxylic acids is 1. The number of amides is 1. The molecule has 0 fully saturated rings. The number of methoxy groups -OCH3 is 1. The summed E-state index contributed by atoms with van der Waals surface area (Å²) < 4.78 is 4.91. The minimum atomic E-state index is -0.0378. The van der Waals surface area contributed by atoms with E-state index in [1.54, 1.807) is 18.4 Å². The zero-order chi connectivity index (χ0) is 15.1. The molecule has 5 nitrogen and oxygen atoms in total. The fourth-order valence-corrected chi connectivity index (χ4v) is 3.41. The summed E-state index contributed by atoms with van der Waals surface area (Å²) in [6, 6.07) is 2.11. The number of carbonyl (C=O) groups is 1. The average molecular weight is 299 g/mol. The monoisotopic (exact) mass is 299 g/mol. The maximum Gasteiger partial charge on any atom is 0.234 e. The summed E-state index contributed by atoms with van der Waals surface area (Å²) in [5.41, 5.74) is 7.33. The number of aryl methyl sites for hydroxylation is 1. The van der Waals surface area contributed by atoms with Gasteiger partial charge in [0.05, 0.1) is 19.2 Å². The Bertz CT molecular complexity index is 420. The molecule has 0 aromatic carbocycles. The van der Waals surface area contributed by atoms with Gasteiger partial charge < -0.3 is 15.8 Å². The van der Waals surface area contributed by atoms with E-state index >= 15 is 0 Å². The third-order valence-corrected chi connectivity index (χ3v) is 4.25. The van der Waals surface area contributed by atoms with E-state index in [1.165, 1.54) is 10.4 Å². The van der Waals surface area contributed by atoms with E-state index in [1.807, 2.05) is 18.9 Å². The fraction of sp³-hybridized carbons (Fsp3) is 0.643. The minimum absolute atomic E-state index is 0.00981. The normalized spacial score (nSPS) is 14.3. The Morgan fingerprint density at radius 2 is 2.30 bits per heavy atom.